The first-order chi connectivity index (χ1) is 8.25. The fourth-order valence-corrected chi connectivity index (χ4v) is 2.50. The first kappa shape index (κ1) is 11.0. The van der Waals surface area contributed by atoms with Gasteiger partial charge in [0.1, 0.15) is 0 Å². The molecule has 3 nitrogen and oxygen atoms in total. The molecule has 1 aromatic carbocycles. The highest BCUT2D eigenvalue weighted by atomic mass is 79.9. The van der Waals surface area contributed by atoms with Gasteiger partial charge in [-0.3, -0.25) is 0 Å². The summed E-state index contributed by atoms with van der Waals surface area (Å²) in [6.07, 6.45) is 3.88. The standard InChI is InChI=1S/C13H14BrN3/c1-9-2-3-11(14)4-12(9)17-8-16-7-13(17)10-5-15-6-10/h2-4,7-8,10,15H,5-6H2,1H3. The highest BCUT2D eigenvalue weighted by Gasteiger charge is 2.23. The molecule has 0 aliphatic carbocycles. The van der Waals surface area contributed by atoms with E-state index in [1.54, 1.807) is 0 Å². The summed E-state index contributed by atoms with van der Waals surface area (Å²) in [6, 6.07) is 6.34. The monoisotopic (exact) mass is 291 g/mol. The van der Waals surface area contributed by atoms with Gasteiger partial charge in [-0.2, -0.15) is 0 Å². The molecule has 0 unspecified atom stereocenters. The van der Waals surface area contributed by atoms with E-state index >= 15 is 0 Å². The lowest BCUT2D eigenvalue weighted by Gasteiger charge is -2.28. The molecule has 1 saturated heterocycles. The Morgan fingerprint density at radius 2 is 2.24 bits per heavy atom. The second-order valence-corrected chi connectivity index (χ2v) is 5.39. The van der Waals surface area contributed by atoms with Crippen molar-refractivity contribution >= 4 is 15.9 Å². The van der Waals surface area contributed by atoms with Crippen LogP contribution in [0.3, 0.4) is 0 Å². The normalized spacial score (nSPS) is 15.9. The van der Waals surface area contributed by atoms with Crippen molar-refractivity contribution in [3.05, 3.63) is 46.5 Å². The summed E-state index contributed by atoms with van der Waals surface area (Å²) in [5.74, 6) is 0.593. The largest absolute Gasteiger partial charge is 0.315 e. The number of imidazole rings is 1. The van der Waals surface area contributed by atoms with E-state index in [0.29, 0.717) is 5.92 Å². The molecule has 0 amide bonds. The van der Waals surface area contributed by atoms with E-state index < -0.39 is 0 Å². The second-order valence-electron chi connectivity index (χ2n) is 4.47. The highest BCUT2D eigenvalue weighted by molar-refractivity contribution is 9.10. The molecule has 1 aliphatic heterocycles. The van der Waals surface area contributed by atoms with Crippen LogP contribution in [0.4, 0.5) is 0 Å². The van der Waals surface area contributed by atoms with Crippen molar-refractivity contribution in [1.82, 2.24) is 14.9 Å². The van der Waals surface area contributed by atoms with Gasteiger partial charge in [-0.1, -0.05) is 22.0 Å². The Labute approximate surface area is 109 Å². The van der Waals surface area contributed by atoms with E-state index in [-0.39, 0.29) is 0 Å². The smallest absolute Gasteiger partial charge is 0.0994 e. The van der Waals surface area contributed by atoms with Crippen LogP contribution in [0.25, 0.3) is 5.69 Å². The molecule has 2 aromatic rings. The van der Waals surface area contributed by atoms with Crippen LogP contribution in [0, 0.1) is 6.92 Å². The molecule has 17 heavy (non-hydrogen) atoms. The van der Waals surface area contributed by atoms with Gasteiger partial charge in [0, 0.05) is 35.4 Å². The van der Waals surface area contributed by atoms with Crippen molar-refractivity contribution < 1.29 is 0 Å². The van der Waals surface area contributed by atoms with Gasteiger partial charge in [0.25, 0.3) is 0 Å². The third-order valence-corrected chi connectivity index (χ3v) is 3.79. The van der Waals surface area contributed by atoms with Crippen LogP contribution in [-0.2, 0) is 0 Å². The minimum absolute atomic E-state index is 0.593. The second kappa shape index (κ2) is 4.27. The van der Waals surface area contributed by atoms with E-state index in [4.69, 9.17) is 0 Å². The molecule has 0 atom stereocenters. The van der Waals surface area contributed by atoms with Gasteiger partial charge in [-0.15, -0.1) is 0 Å². The fraction of sp³-hybridized carbons (Fsp3) is 0.308. The number of hydrogen-bond acceptors (Lipinski definition) is 2. The van der Waals surface area contributed by atoms with Gasteiger partial charge in [0.2, 0.25) is 0 Å². The van der Waals surface area contributed by atoms with Gasteiger partial charge in [0.15, 0.2) is 0 Å². The van der Waals surface area contributed by atoms with E-state index in [9.17, 15) is 0 Å². The quantitative estimate of drug-likeness (QED) is 0.922. The minimum Gasteiger partial charge on any atom is -0.315 e. The summed E-state index contributed by atoms with van der Waals surface area (Å²) in [7, 11) is 0. The van der Waals surface area contributed by atoms with Crippen molar-refractivity contribution in [2.75, 3.05) is 13.1 Å². The Morgan fingerprint density at radius 3 is 2.94 bits per heavy atom. The molecule has 1 N–H and O–H groups in total. The van der Waals surface area contributed by atoms with E-state index in [0.717, 1.165) is 17.6 Å². The maximum absolute atomic E-state index is 4.29. The zero-order valence-corrected chi connectivity index (χ0v) is 11.2. The van der Waals surface area contributed by atoms with E-state index in [2.05, 4.69) is 55.9 Å². The maximum atomic E-state index is 4.29. The van der Waals surface area contributed by atoms with Crippen LogP contribution in [0.5, 0.6) is 0 Å². The van der Waals surface area contributed by atoms with Gasteiger partial charge in [0.05, 0.1) is 12.0 Å². The predicted octanol–water partition coefficient (Wildman–Crippen LogP) is 2.63. The van der Waals surface area contributed by atoms with Crippen LogP contribution in [-0.4, -0.2) is 22.6 Å². The molecule has 1 aliphatic rings. The zero-order valence-electron chi connectivity index (χ0n) is 9.65. The number of aromatic nitrogens is 2. The summed E-state index contributed by atoms with van der Waals surface area (Å²) in [5, 5.41) is 3.30. The van der Waals surface area contributed by atoms with Gasteiger partial charge in [-0.25, -0.2) is 4.98 Å². The highest BCUT2D eigenvalue weighted by Crippen LogP contribution is 2.26. The number of nitrogens with zero attached hydrogens (tertiary/aromatic N) is 2. The van der Waals surface area contributed by atoms with Crippen molar-refractivity contribution in [2.45, 2.75) is 12.8 Å². The molecule has 1 fully saturated rings. The molecule has 0 bridgehead atoms. The molecule has 0 radical (unpaired) electrons. The van der Waals surface area contributed by atoms with E-state index in [1.807, 2.05) is 12.5 Å². The third kappa shape index (κ3) is 1.91. The lowest BCUT2D eigenvalue weighted by molar-refractivity contribution is 0.435. The molecule has 0 spiro atoms. The number of halogens is 1. The number of nitrogens with one attached hydrogen (secondary N) is 1. The SMILES string of the molecule is Cc1ccc(Br)cc1-n1cncc1C1CNC1. The number of aryl methyl sites for hydroxylation is 1. The number of hydrogen-bond donors (Lipinski definition) is 1. The van der Waals surface area contributed by atoms with Crippen molar-refractivity contribution in [3.63, 3.8) is 0 Å². The van der Waals surface area contributed by atoms with Crippen LogP contribution in [0.2, 0.25) is 0 Å². The lowest BCUT2D eigenvalue weighted by atomic mass is 9.99. The molecule has 3 rings (SSSR count). The first-order valence-electron chi connectivity index (χ1n) is 5.75. The number of benzene rings is 1. The molecule has 4 heteroatoms. The minimum atomic E-state index is 0.593. The maximum Gasteiger partial charge on any atom is 0.0994 e. The van der Waals surface area contributed by atoms with Crippen molar-refractivity contribution in [2.24, 2.45) is 0 Å². The van der Waals surface area contributed by atoms with Crippen molar-refractivity contribution in [3.8, 4) is 5.69 Å². The average Bonchev–Trinajstić information content (AvgIpc) is 2.68. The summed E-state index contributed by atoms with van der Waals surface area (Å²) >= 11 is 3.53. The Hall–Kier alpha value is -1.13. The summed E-state index contributed by atoms with van der Waals surface area (Å²) < 4.78 is 3.30. The molecular formula is C13H14BrN3. The van der Waals surface area contributed by atoms with Gasteiger partial charge < -0.3 is 9.88 Å². The molecule has 0 saturated carbocycles. The summed E-state index contributed by atoms with van der Waals surface area (Å²) in [4.78, 5) is 4.29. The predicted molar refractivity (Wildman–Crippen MR) is 71.6 cm³/mol. The molecule has 1 aromatic heterocycles. The van der Waals surface area contributed by atoms with Crippen molar-refractivity contribution in [1.29, 1.82) is 0 Å². The first-order valence-corrected chi connectivity index (χ1v) is 6.54. The fourth-order valence-electron chi connectivity index (χ4n) is 2.15. The Bertz CT molecular complexity index is 543. The Kier molecular flexibility index (Phi) is 2.76. The average molecular weight is 292 g/mol. The number of rotatable bonds is 2. The molecule has 88 valence electrons. The Morgan fingerprint density at radius 1 is 1.41 bits per heavy atom. The van der Waals surface area contributed by atoms with Crippen LogP contribution in [0.1, 0.15) is 17.2 Å². The summed E-state index contributed by atoms with van der Waals surface area (Å²) in [6.45, 7) is 4.24. The van der Waals surface area contributed by atoms with E-state index in [1.165, 1.54) is 16.9 Å². The van der Waals surface area contributed by atoms with Crippen LogP contribution < -0.4 is 5.32 Å². The summed E-state index contributed by atoms with van der Waals surface area (Å²) in [5.41, 5.74) is 3.77. The van der Waals surface area contributed by atoms with Gasteiger partial charge in [-0.05, 0) is 24.6 Å². The zero-order chi connectivity index (χ0) is 11.8. The molecular weight excluding hydrogens is 278 g/mol. The molecule has 2 heterocycles. The topological polar surface area (TPSA) is 29.9 Å². The Balaban J connectivity index is 2.08. The van der Waals surface area contributed by atoms with Crippen LogP contribution >= 0.6 is 15.9 Å². The third-order valence-electron chi connectivity index (χ3n) is 3.30. The lowest BCUT2D eigenvalue weighted by Crippen LogP contribution is -2.40. The van der Waals surface area contributed by atoms with Crippen LogP contribution in [0.15, 0.2) is 35.2 Å². The van der Waals surface area contributed by atoms with Gasteiger partial charge >= 0.3 is 0 Å².